The number of anilines is 2. The molecular formula is C14H15N3O. The van der Waals surface area contributed by atoms with Crippen molar-refractivity contribution in [2.24, 2.45) is 5.73 Å². The van der Waals surface area contributed by atoms with Gasteiger partial charge in [0.05, 0.1) is 11.4 Å². The topological polar surface area (TPSA) is 59.2 Å². The Labute approximate surface area is 106 Å². The number of amides is 2. The molecule has 2 aromatic rings. The SMILES string of the molecule is CCc1ccc(N(C(N)=O)c2ccncc2)cc1. The maximum atomic E-state index is 11.6. The first kappa shape index (κ1) is 12.1. The highest BCUT2D eigenvalue weighted by atomic mass is 16.2. The number of pyridine rings is 1. The van der Waals surface area contributed by atoms with Crippen LogP contribution in [0.1, 0.15) is 12.5 Å². The van der Waals surface area contributed by atoms with Crippen LogP contribution in [0.25, 0.3) is 0 Å². The molecule has 0 atom stereocenters. The quantitative estimate of drug-likeness (QED) is 0.898. The van der Waals surface area contributed by atoms with Crippen molar-refractivity contribution in [3.05, 3.63) is 54.4 Å². The first-order valence-corrected chi connectivity index (χ1v) is 5.81. The Kier molecular flexibility index (Phi) is 3.57. The number of aryl methyl sites for hydroxylation is 1. The van der Waals surface area contributed by atoms with Gasteiger partial charge in [-0.25, -0.2) is 4.79 Å². The van der Waals surface area contributed by atoms with Crippen LogP contribution in [-0.2, 0) is 6.42 Å². The van der Waals surface area contributed by atoms with Gasteiger partial charge in [-0.3, -0.25) is 9.88 Å². The van der Waals surface area contributed by atoms with Crippen LogP contribution < -0.4 is 10.6 Å². The molecule has 2 N–H and O–H groups in total. The third kappa shape index (κ3) is 2.48. The van der Waals surface area contributed by atoms with Gasteiger partial charge in [-0.2, -0.15) is 0 Å². The van der Waals surface area contributed by atoms with Crippen molar-refractivity contribution in [1.29, 1.82) is 0 Å². The molecule has 92 valence electrons. The van der Waals surface area contributed by atoms with Crippen LogP contribution >= 0.6 is 0 Å². The molecule has 0 spiro atoms. The van der Waals surface area contributed by atoms with Crippen LogP contribution in [0.15, 0.2) is 48.8 Å². The van der Waals surface area contributed by atoms with Crippen molar-refractivity contribution >= 4 is 17.4 Å². The zero-order valence-corrected chi connectivity index (χ0v) is 10.2. The number of carbonyl (C=O) groups excluding carboxylic acids is 1. The number of aromatic nitrogens is 1. The molecule has 0 saturated carbocycles. The Hall–Kier alpha value is -2.36. The number of hydrogen-bond donors (Lipinski definition) is 1. The van der Waals surface area contributed by atoms with Gasteiger partial charge in [0.2, 0.25) is 0 Å². The summed E-state index contributed by atoms with van der Waals surface area (Å²) < 4.78 is 0. The minimum atomic E-state index is -0.509. The van der Waals surface area contributed by atoms with Crippen LogP contribution in [0.2, 0.25) is 0 Å². The Morgan fingerprint density at radius 3 is 2.17 bits per heavy atom. The average molecular weight is 241 g/mol. The van der Waals surface area contributed by atoms with Crippen molar-refractivity contribution in [2.75, 3.05) is 4.90 Å². The minimum Gasteiger partial charge on any atom is -0.351 e. The Balaban J connectivity index is 2.39. The smallest absolute Gasteiger partial charge is 0.323 e. The zero-order valence-electron chi connectivity index (χ0n) is 10.2. The number of carbonyl (C=O) groups is 1. The summed E-state index contributed by atoms with van der Waals surface area (Å²) in [5.74, 6) is 0. The highest BCUT2D eigenvalue weighted by Gasteiger charge is 2.14. The summed E-state index contributed by atoms with van der Waals surface area (Å²) in [4.78, 5) is 17.0. The lowest BCUT2D eigenvalue weighted by Gasteiger charge is -2.20. The predicted molar refractivity (Wildman–Crippen MR) is 71.8 cm³/mol. The lowest BCUT2D eigenvalue weighted by Crippen LogP contribution is -2.31. The van der Waals surface area contributed by atoms with Crippen molar-refractivity contribution < 1.29 is 4.79 Å². The summed E-state index contributed by atoms with van der Waals surface area (Å²) in [6.07, 6.45) is 4.23. The molecule has 1 aromatic heterocycles. The van der Waals surface area contributed by atoms with E-state index >= 15 is 0 Å². The van der Waals surface area contributed by atoms with Gasteiger partial charge in [0.25, 0.3) is 0 Å². The third-order valence-corrected chi connectivity index (χ3v) is 2.74. The van der Waals surface area contributed by atoms with Gasteiger partial charge in [0.15, 0.2) is 0 Å². The maximum absolute atomic E-state index is 11.6. The summed E-state index contributed by atoms with van der Waals surface area (Å²) >= 11 is 0. The molecule has 0 bridgehead atoms. The highest BCUT2D eigenvalue weighted by molar-refractivity contribution is 5.98. The molecule has 0 aliphatic rings. The number of benzene rings is 1. The van der Waals surface area contributed by atoms with E-state index in [1.54, 1.807) is 24.5 Å². The van der Waals surface area contributed by atoms with Crippen molar-refractivity contribution in [1.82, 2.24) is 4.98 Å². The first-order chi connectivity index (χ1) is 8.72. The van der Waals surface area contributed by atoms with Crippen molar-refractivity contribution in [3.63, 3.8) is 0 Å². The first-order valence-electron chi connectivity index (χ1n) is 5.81. The monoisotopic (exact) mass is 241 g/mol. The summed E-state index contributed by atoms with van der Waals surface area (Å²) in [6.45, 7) is 2.09. The van der Waals surface area contributed by atoms with E-state index in [1.165, 1.54) is 10.5 Å². The normalized spacial score (nSPS) is 10.1. The molecule has 4 heteroatoms. The Morgan fingerprint density at radius 2 is 1.67 bits per heavy atom. The summed E-state index contributed by atoms with van der Waals surface area (Å²) in [5, 5.41) is 0. The van der Waals surface area contributed by atoms with Crippen LogP contribution in [0.4, 0.5) is 16.2 Å². The number of hydrogen-bond acceptors (Lipinski definition) is 2. The van der Waals surface area contributed by atoms with E-state index in [0.29, 0.717) is 5.69 Å². The van der Waals surface area contributed by atoms with Gasteiger partial charge in [0.1, 0.15) is 0 Å². The van der Waals surface area contributed by atoms with Crippen molar-refractivity contribution in [3.8, 4) is 0 Å². The van der Waals surface area contributed by atoms with Gasteiger partial charge in [0, 0.05) is 12.4 Å². The molecule has 1 heterocycles. The predicted octanol–water partition coefficient (Wildman–Crippen LogP) is 2.86. The number of nitrogens with two attached hydrogens (primary N) is 1. The highest BCUT2D eigenvalue weighted by Crippen LogP contribution is 2.24. The van der Waals surface area contributed by atoms with E-state index in [-0.39, 0.29) is 0 Å². The van der Waals surface area contributed by atoms with Gasteiger partial charge < -0.3 is 5.73 Å². The fourth-order valence-corrected chi connectivity index (χ4v) is 1.78. The second-order valence-electron chi connectivity index (χ2n) is 3.90. The molecule has 18 heavy (non-hydrogen) atoms. The summed E-state index contributed by atoms with van der Waals surface area (Å²) in [7, 11) is 0. The summed E-state index contributed by atoms with van der Waals surface area (Å²) in [5.41, 5.74) is 8.12. The van der Waals surface area contributed by atoms with E-state index in [2.05, 4.69) is 11.9 Å². The van der Waals surface area contributed by atoms with Gasteiger partial charge in [-0.05, 0) is 36.2 Å². The molecule has 0 aliphatic carbocycles. The molecule has 0 fully saturated rings. The molecule has 0 unspecified atom stereocenters. The van der Waals surface area contributed by atoms with E-state index < -0.39 is 6.03 Å². The molecule has 2 rings (SSSR count). The van der Waals surface area contributed by atoms with E-state index in [0.717, 1.165) is 12.1 Å². The molecule has 0 aliphatic heterocycles. The molecule has 1 aromatic carbocycles. The van der Waals surface area contributed by atoms with Crippen LogP contribution in [0.3, 0.4) is 0 Å². The number of nitrogens with zero attached hydrogens (tertiary/aromatic N) is 2. The van der Waals surface area contributed by atoms with Crippen LogP contribution in [-0.4, -0.2) is 11.0 Å². The maximum Gasteiger partial charge on any atom is 0.323 e. The largest absolute Gasteiger partial charge is 0.351 e. The van der Waals surface area contributed by atoms with E-state index in [1.807, 2.05) is 24.3 Å². The summed E-state index contributed by atoms with van der Waals surface area (Å²) in [6, 6.07) is 10.8. The molecule has 4 nitrogen and oxygen atoms in total. The van der Waals surface area contributed by atoms with Gasteiger partial charge in [-0.15, -0.1) is 0 Å². The fraction of sp³-hybridized carbons (Fsp3) is 0.143. The lowest BCUT2D eigenvalue weighted by atomic mass is 10.1. The molecule has 0 radical (unpaired) electrons. The minimum absolute atomic E-state index is 0.509. The van der Waals surface area contributed by atoms with Gasteiger partial charge >= 0.3 is 6.03 Å². The fourth-order valence-electron chi connectivity index (χ4n) is 1.78. The van der Waals surface area contributed by atoms with Crippen LogP contribution in [0, 0.1) is 0 Å². The number of urea groups is 1. The molecule has 0 saturated heterocycles. The zero-order chi connectivity index (χ0) is 13.0. The molecule has 2 amide bonds. The number of primary amides is 1. The second-order valence-corrected chi connectivity index (χ2v) is 3.90. The molecular weight excluding hydrogens is 226 g/mol. The Bertz CT molecular complexity index is 522. The second kappa shape index (κ2) is 5.31. The van der Waals surface area contributed by atoms with Crippen molar-refractivity contribution in [2.45, 2.75) is 13.3 Å². The van der Waals surface area contributed by atoms with Crippen LogP contribution in [0.5, 0.6) is 0 Å². The van der Waals surface area contributed by atoms with E-state index in [9.17, 15) is 4.79 Å². The standard InChI is InChI=1S/C14H15N3O/c1-2-11-3-5-12(6-4-11)17(14(15)18)13-7-9-16-10-8-13/h3-10H,2H2,1H3,(H2,15,18). The third-order valence-electron chi connectivity index (χ3n) is 2.74. The number of rotatable bonds is 3. The van der Waals surface area contributed by atoms with E-state index in [4.69, 9.17) is 5.73 Å². The Morgan fingerprint density at radius 1 is 1.11 bits per heavy atom. The van der Waals surface area contributed by atoms with Gasteiger partial charge in [-0.1, -0.05) is 19.1 Å². The lowest BCUT2D eigenvalue weighted by molar-refractivity contribution is 0.256. The average Bonchev–Trinajstić information content (AvgIpc) is 2.40.